The smallest absolute Gasteiger partial charge is 0.129 e. The summed E-state index contributed by atoms with van der Waals surface area (Å²) in [6.45, 7) is 2.09. The Balaban J connectivity index is 2.31. The molecule has 0 radical (unpaired) electrons. The fourth-order valence-corrected chi connectivity index (χ4v) is 5.15. The van der Waals surface area contributed by atoms with E-state index in [2.05, 4.69) is 62.1 Å². The summed E-state index contributed by atoms with van der Waals surface area (Å²) in [5.41, 5.74) is 11.5. The molecule has 0 aliphatic carbocycles. The van der Waals surface area contributed by atoms with Crippen molar-refractivity contribution < 1.29 is 0 Å². The van der Waals surface area contributed by atoms with Crippen molar-refractivity contribution in [3.05, 3.63) is 43.5 Å². The van der Waals surface area contributed by atoms with E-state index in [4.69, 9.17) is 5.73 Å². The summed E-state index contributed by atoms with van der Waals surface area (Å²) in [6.07, 6.45) is 0. The van der Waals surface area contributed by atoms with E-state index in [9.17, 15) is 0 Å². The fraction of sp³-hybridized carbons (Fsp3) is 0.133. The zero-order valence-corrected chi connectivity index (χ0v) is 15.5. The summed E-state index contributed by atoms with van der Waals surface area (Å²) in [6, 6.07) is 10.3. The molecular formula is C15H13Br2N3S. The lowest BCUT2D eigenvalue weighted by Crippen LogP contribution is -1.98. The SMILES string of the molecule is Cc1ccccc1-c1c(-c2cc(Br)sc2Br)nn(C)c1N. The van der Waals surface area contributed by atoms with Crippen LogP contribution in [0, 0.1) is 6.92 Å². The van der Waals surface area contributed by atoms with E-state index in [1.807, 2.05) is 19.2 Å². The molecule has 0 amide bonds. The predicted octanol–water partition coefficient (Wildman–Crippen LogP) is 5.23. The van der Waals surface area contributed by atoms with Gasteiger partial charge in [-0.2, -0.15) is 5.10 Å². The Hall–Kier alpha value is -1.11. The molecule has 2 aromatic heterocycles. The highest BCUT2D eigenvalue weighted by atomic mass is 79.9. The molecule has 0 spiro atoms. The quantitative estimate of drug-likeness (QED) is 0.609. The van der Waals surface area contributed by atoms with Gasteiger partial charge < -0.3 is 5.73 Å². The van der Waals surface area contributed by atoms with Gasteiger partial charge in [0.15, 0.2) is 0 Å². The maximum absolute atomic E-state index is 6.28. The number of anilines is 1. The number of nitrogen functional groups attached to an aromatic ring is 1. The van der Waals surface area contributed by atoms with Gasteiger partial charge in [0, 0.05) is 12.6 Å². The van der Waals surface area contributed by atoms with Crippen molar-refractivity contribution in [3.8, 4) is 22.4 Å². The first-order valence-corrected chi connectivity index (χ1v) is 8.73. The van der Waals surface area contributed by atoms with Crippen LogP contribution in [0.2, 0.25) is 0 Å². The molecule has 3 aromatic rings. The van der Waals surface area contributed by atoms with Crippen LogP contribution in [0.5, 0.6) is 0 Å². The minimum absolute atomic E-state index is 0.675. The average molecular weight is 427 g/mol. The molecule has 2 heterocycles. The fourth-order valence-electron chi connectivity index (χ4n) is 2.35. The van der Waals surface area contributed by atoms with Crippen molar-refractivity contribution >= 4 is 49.0 Å². The number of nitrogens with two attached hydrogens (primary N) is 1. The van der Waals surface area contributed by atoms with Crippen LogP contribution in [-0.2, 0) is 7.05 Å². The van der Waals surface area contributed by atoms with Gasteiger partial charge in [-0.1, -0.05) is 24.3 Å². The Bertz CT molecular complexity index is 820. The molecule has 0 aliphatic heterocycles. The Morgan fingerprint density at radius 2 is 1.90 bits per heavy atom. The molecule has 108 valence electrons. The topological polar surface area (TPSA) is 43.8 Å². The summed E-state index contributed by atoms with van der Waals surface area (Å²) in [4.78, 5) is 0. The van der Waals surface area contributed by atoms with Gasteiger partial charge in [-0.3, -0.25) is 4.68 Å². The summed E-state index contributed by atoms with van der Waals surface area (Å²) >= 11 is 8.77. The summed E-state index contributed by atoms with van der Waals surface area (Å²) in [5, 5.41) is 4.62. The van der Waals surface area contributed by atoms with E-state index >= 15 is 0 Å². The molecule has 6 heteroatoms. The van der Waals surface area contributed by atoms with Crippen molar-refractivity contribution in [2.24, 2.45) is 7.05 Å². The summed E-state index contributed by atoms with van der Waals surface area (Å²) in [5.74, 6) is 0.675. The molecule has 21 heavy (non-hydrogen) atoms. The second kappa shape index (κ2) is 5.59. The van der Waals surface area contributed by atoms with Crippen LogP contribution in [0.15, 0.2) is 37.9 Å². The monoisotopic (exact) mass is 425 g/mol. The molecule has 0 saturated carbocycles. The van der Waals surface area contributed by atoms with Gasteiger partial charge in [0.25, 0.3) is 0 Å². The molecule has 0 fully saturated rings. The second-order valence-electron chi connectivity index (χ2n) is 4.79. The number of aryl methyl sites for hydroxylation is 2. The van der Waals surface area contributed by atoms with E-state index in [-0.39, 0.29) is 0 Å². The first-order chi connectivity index (χ1) is 9.99. The Morgan fingerprint density at radius 1 is 1.19 bits per heavy atom. The Morgan fingerprint density at radius 3 is 2.52 bits per heavy atom. The van der Waals surface area contributed by atoms with Crippen LogP contribution in [0.25, 0.3) is 22.4 Å². The number of rotatable bonds is 2. The van der Waals surface area contributed by atoms with Crippen molar-refractivity contribution in [1.82, 2.24) is 9.78 Å². The van der Waals surface area contributed by atoms with E-state index in [0.717, 1.165) is 30.0 Å². The van der Waals surface area contributed by atoms with Gasteiger partial charge in [-0.05, 0) is 56.0 Å². The maximum atomic E-state index is 6.28. The number of aromatic nitrogens is 2. The minimum atomic E-state index is 0.675. The number of benzene rings is 1. The molecule has 0 bridgehead atoms. The van der Waals surface area contributed by atoms with Gasteiger partial charge in [-0.25, -0.2) is 0 Å². The standard InChI is InChI=1S/C15H13Br2N3S/c1-8-5-3-4-6-9(8)12-13(19-20(2)15(12)18)10-7-11(16)21-14(10)17/h3-7H,18H2,1-2H3. The number of hydrogen-bond acceptors (Lipinski definition) is 3. The van der Waals surface area contributed by atoms with E-state index in [1.54, 1.807) is 16.0 Å². The van der Waals surface area contributed by atoms with Crippen LogP contribution in [0.4, 0.5) is 5.82 Å². The molecule has 2 N–H and O–H groups in total. The molecule has 0 aliphatic rings. The molecule has 1 aromatic carbocycles. The predicted molar refractivity (Wildman–Crippen MR) is 96.5 cm³/mol. The van der Waals surface area contributed by atoms with Gasteiger partial charge in [0.2, 0.25) is 0 Å². The lowest BCUT2D eigenvalue weighted by atomic mass is 9.98. The summed E-state index contributed by atoms with van der Waals surface area (Å²) < 4.78 is 3.83. The average Bonchev–Trinajstić information content (AvgIpc) is 2.91. The highest BCUT2D eigenvalue weighted by Gasteiger charge is 2.21. The zero-order valence-electron chi connectivity index (χ0n) is 11.5. The normalized spacial score (nSPS) is 11.0. The highest BCUT2D eigenvalue weighted by molar-refractivity contribution is 9.12. The highest BCUT2D eigenvalue weighted by Crippen LogP contribution is 2.44. The van der Waals surface area contributed by atoms with Crippen LogP contribution < -0.4 is 5.73 Å². The van der Waals surface area contributed by atoms with E-state index < -0.39 is 0 Å². The third-order valence-electron chi connectivity index (χ3n) is 3.42. The third kappa shape index (κ3) is 2.56. The number of nitrogens with zero attached hydrogens (tertiary/aromatic N) is 2. The molecule has 0 unspecified atom stereocenters. The second-order valence-corrected chi connectivity index (χ2v) is 8.53. The number of thiophene rings is 1. The lowest BCUT2D eigenvalue weighted by Gasteiger charge is -2.07. The molecule has 0 atom stereocenters. The van der Waals surface area contributed by atoms with E-state index in [0.29, 0.717) is 5.82 Å². The largest absolute Gasteiger partial charge is 0.383 e. The third-order valence-corrected chi connectivity index (χ3v) is 5.76. The van der Waals surface area contributed by atoms with Crippen molar-refractivity contribution in [1.29, 1.82) is 0 Å². The molecule has 0 saturated heterocycles. The molecular weight excluding hydrogens is 414 g/mol. The Kier molecular flexibility index (Phi) is 3.94. The number of halogens is 2. The van der Waals surface area contributed by atoms with Gasteiger partial charge in [0.05, 0.1) is 13.1 Å². The van der Waals surface area contributed by atoms with Crippen molar-refractivity contribution in [2.75, 3.05) is 5.73 Å². The Labute approximate surface area is 144 Å². The zero-order chi connectivity index (χ0) is 15.1. The van der Waals surface area contributed by atoms with Crippen molar-refractivity contribution in [2.45, 2.75) is 6.92 Å². The van der Waals surface area contributed by atoms with Gasteiger partial charge in [-0.15, -0.1) is 11.3 Å². The van der Waals surface area contributed by atoms with E-state index in [1.165, 1.54) is 5.56 Å². The van der Waals surface area contributed by atoms with Crippen LogP contribution in [-0.4, -0.2) is 9.78 Å². The molecule has 3 rings (SSSR count). The van der Waals surface area contributed by atoms with Crippen molar-refractivity contribution in [3.63, 3.8) is 0 Å². The molecule has 3 nitrogen and oxygen atoms in total. The summed E-state index contributed by atoms with van der Waals surface area (Å²) in [7, 11) is 1.87. The van der Waals surface area contributed by atoms with Gasteiger partial charge in [0.1, 0.15) is 11.5 Å². The van der Waals surface area contributed by atoms with Crippen LogP contribution in [0.3, 0.4) is 0 Å². The minimum Gasteiger partial charge on any atom is -0.383 e. The maximum Gasteiger partial charge on any atom is 0.129 e. The first kappa shape index (κ1) is 14.8. The first-order valence-electron chi connectivity index (χ1n) is 6.32. The number of hydrogen-bond donors (Lipinski definition) is 1. The van der Waals surface area contributed by atoms with Gasteiger partial charge >= 0.3 is 0 Å². The van der Waals surface area contributed by atoms with Crippen LogP contribution in [0.1, 0.15) is 5.56 Å². The lowest BCUT2D eigenvalue weighted by molar-refractivity contribution is 0.782. The van der Waals surface area contributed by atoms with Crippen LogP contribution >= 0.6 is 43.2 Å².